The summed E-state index contributed by atoms with van der Waals surface area (Å²) >= 11 is 1.61. The fourth-order valence-corrected chi connectivity index (χ4v) is 4.79. The summed E-state index contributed by atoms with van der Waals surface area (Å²) in [5, 5.41) is 14.3. The molecule has 5 aromatic rings. The first kappa shape index (κ1) is 22.3. The molecule has 0 aliphatic heterocycles. The summed E-state index contributed by atoms with van der Waals surface area (Å²) in [6.45, 7) is 2.79. The van der Waals surface area contributed by atoms with Crippen LogP contribution < -0.4 is 5.56 Å². The van der Waals surface area contributed by atoms with Gasteiger partial charge in [0.15, 0.2) is 5.16 Å². The normalized spacial score (nSPS) is 11.6. The molecule has 0 spiro atoms. The van der Waals surface area contributed by atoms with Crippen molar-refractivity contribution in [3.63, 3.8) is 0 Å². The smallest absolute Gasteiger partial charge is 0.262 e. The van der Waals surface area contributed by atoms with Gasteiger partial charge in [-0.1, -0.05) is 48.8 Å². The Bertz CT molecular complexity index is 1460. The number of para-hydroxylation sites is 1. The molecule has 0 unspecified atom stereocenters. The molecule has 4 heterocycles. The molecule has 0 aliphatic carbocycles. The van der Waals surface area contributed by atoms with E-state index in [2.05, 4.69) is 32.2 Å². The van der Waals surface area contributed by atoms with Gasteiger partial charge in [-0.3, -0.25) is 18.7 Å². The van der Waals surface area contributed by atoms with Gasteiger partial charge in [0.1, 0.15) is 0 Å². The lowest BCUT2D eigenvalue weighted by atomic mass is 10.2. The minimum atomic E-state index is -0.00968. The summed E-state index contributed by atoms with van der Waals surface area (Å²) in [4.78, 5) is 21.6. The van der Waals surface area contributed by atoms with Crippen molar-refractivity contribution in [2.24, 2.45) is 0 Å². The largest absolute Gasteiger partial charge is 0.339 e. The van der Waals surface area contributed by atoms with Gasteiger partial charge in [0.2, 0.25) is 17.5 Å². The second-order valence-electron chi connectivity index (χ2n) is 8.00. The maximum atomic E-state index is 13.1. The summed E-state index contributed by atoms with van der Waals surface area (Å²) in [7, 11) is 0. The molecular weight excluding hydrogens is 450 g/mol. The topological polar surface area (TPSA) is 104 Å². The summed E-state index contributed by atoms with van der Waals surface area (Å²) in [5.74, 6) is 2.58. The summed E-state index contributed by atoms with van der Waals surface area (Å²) < 4.78 is 9.16. The van der Waals surface area contributed by atoms with Crippen LogP contribution in [0.15, 0.2) is 63.3 Å². The van der Waals surface area contributed by atoms with Gasteiger partial charge in [-0.2, -0.15) is 4.98 Å². The van der Waals surface area contributed by atoms with E-state index in [4.69, 9.17) is 4.52 Å². The molecule has 0 saturated heterocycles. The number of aryl methyl sites for hydroxylation is 2. The Hall–Kier alpha value is -3.53. The Kier molecular flexibility index (Phi) is 6.66. The van der Waals surface area contributed by atoms with Crippen LogP contribution in [0.2, 0.25) is 0 Å². The van der Waals surface area contributed by atoms with Gasteiger partial charge in [-0.25, -0.2) is 0 Å². The Morgan fingerprint density at radius 3 is 2.74 bits per heavy atom. The van der Waals surface area contributed by atoms with Crippen molar-refractivity contribution in [3.8, 4) is 11.4 Å². The molecule has 5 rings (SSSR count). The highest BCUT2D eigenvalue weighted by atomic mass is 32.2. The second kappa shape index (κ2) is 10.2. The molecule has 0 saturated carbocycles. The molecule has 0 fully saturated rings. The SMILES string of the molecule is CCCCCn1c(=O)c2ccccc2n2c(SCCCc3nc(-c4ccncc4)no3)nnc12. The average molecular weight is 476 g/mol. The first-order valence-electron chi connectivity index (χ1n) is 11.5. The van der Waals surface area contributed by atoms with Crippen molar-refractivity contribution in [3.05, 3.63) is 65.0 Å². The Morgan fingerprint density at radius 2 is 1.88 bits per heavy atom. The highest BCUT2D eigenvalue weighted by Gasteiger charge is 2.16. The minimum Gasteiger partial charge on any atom is -0.339 e. The van der Waals surface area contributed by atoms with E-state index < -0.39 is 0 Å². The van der Waals surface area contributed by atoms with E-state index in [0.29, 0.717) is 35.8 Å². The molecule has 1 aromatic carbocycles. The van der Waals surface area contributed by atoms with Gasteiger partial charge < -0.3 is 4.52 Å². The first-order valence-corrected chi connectivity index (χ1v) is 12.5. The predicted molar refractivity (Wildman–Crippen MR) is 131 cm³/mol. The fourth-order valence-electron chi connectivity index (χ4n) is 3.91. The number of hydrogen-bond donors (Lipinski definition) is 0. The quantitative estimate of drug-likeness (QED) is 0.216. The van der Waals surface area contributed by atoms with E-state index in [0.717, 1.165) is 47.7 Å². The van der Waals surface area contributed by atoms with Crippen LogP contribution >= 0.6 is 11.8 Å². The predicted octanol–water partition coefficient (Wildman–Crippen LogP) is 4.40. The second-order valence-corrected chi connectivity index (χ2v) is 9.06. The lowest BCUT2D eigenvalue weighted by Gasteiger charge is -2.11. The minimum absolute atomic E-state index is 0.00968. The Labute approximate surface area is 200 Å². The first-order chi connectivity index (χ1) is 16.8. The van der Waals surface area contributed by atoms with E-state index in [1.807, 2.05) is 40.8 Å². The third-order valence-corrected chi connectivity index (χ3v) is 6.65. The molecule has 0 aliphatic rings. The van der Waals surface area contributed by atoms with Crippen LogP contribution in [0.3, 0.4) is 0 Å². The number of nitrogens with zero attached hydrogens (tertiary/aromatic N) is 7. The van der Waals surface area contributed by atoms with E-state index in [9.17, 15) is 4.79 Å². The molecule has 0 atom stereocenters. The zero-order valence-corrected chi connectivity index (χ0v) is 19.7. The van der Waals surface area contributed by atoms with E-state index in [-0.39, 0.29) is 5.56 Å². The van der Waals surface area contributed by atoms with Crippen molar-refractivity contribution in [2.75, 3.05) is 5.75 Å². The number of hydrogen-bond acceptors (Lipinski definition) is 8. The van der Waals surface area contributed by atoms with Crippen LogP contribution in [-0.2, 0) is 13.0 Å². The van der Waals surface area contributed by atoms with E-state index in [1.54, 1.807) is 28.7 Å². The zero-order chi connectivity index (χ0) is 23.3. The van der Waals surface area contributed by atoms with Crippen molar-refractivity contribution in [1.82, 2.24) is 34.3 Å². The van der Waals surface area contributed by atoms with Crippen LogP contribution in [-0.4, -0.2) is 40.0 Å². The summed E-state index contributed by atoms with van der Waals surface area (Å²) in [6.07, 6.45) is 8.02. The van der Waals surface area contributed by atoms with Gasteiger partial charge in [0, 0.05) is 36.7 Å². The van der Waals surface area contributed by atoms with Crippen molar-refractivity contribution in [1.29, 1.82) is 0 Å². The molecule has 34 heavy (non-hydrogen) atoms. The molecule has 4 aromatic heterocycles. The van der Waals surface area contributed by atoms with E-state index >= 15 is 0 Å². The standard InChI is InChI=1S/C24H25N7O2S/c1-2-3-6-15-30-22(32)18-8-4-5-9-19(18)31-23(30)27-28-24(31)34-16-7-10-20-26-21(29-33-20)17-11-13-25-14-12-17/h4-5,8-9,11-14H,2-3,6-7,10,15-16H2,1H3. The lowest BCUT2D eigenvalue weighted by Crippen LogP contribution is -2.23. The Balaban J connectivity index is 1.32. The summed E-state index contributed by atoms with van der Waals surface area (Å²) in [5.41, 5.74) is 1.70. The van der Waals surface area contributed by atoms with E-state index in [1.165, 1.54) is 0 Å². The molecule has 10 heteroatoms. The molecule has 174 valence electrons. The third-order valence-electron chi connectivity index (χ3n) is 5.64. The van der Waals surface area contributed by atoms with Crippen LogP contribution in [0.5, 0.6) is 0 Å². The highest BCUT2D eigenvalue weighted by Crippen LogP contribution is 2.23. The number of fused-ring (bicyclic) bond motifs is 3. The maximum absolute atomic E-state index is 13.1. The number of rotatable bonds is 10. The van der Waals surface area contributed by atoms with Crippen molar-refractivity contribution >= 4 is 28.4 Å². The van der Waals surface area contributed by atoms with Gasteiger partial charge in [-0.05, 0) is 37.1 Å². The summed E-state index contributed by atoms with van der Waals surface area (Å²) in [6, 6.07) is 11.4. The molecule has 0 N–H and O–H groups in total. The van der Waals surface area contributed by atoms with Gasteiger partial charge in [0.05, 0.1) is 10.9 Å². The lowest BCUT2D eigenvalue weighted by molar-refractivity contribution is 0.378. The van der Waals surface area contributed by atoms with Crippen LogP contribution in [0.4, 0.5) is 0 Å². The molecular formula is C24H25N7O2S. The Morgan fingerprint density at radius 1 is 1.03 bits per heavy atom. The molecule has 0 radical (unpaired) electrons. The third kappa shape index (κ3) is 4.45. The molecule has 0 amide bonds. The number of benzene rings is 1. The van der Waals surface area contributed by atoms with Crippen LogP contribution in [0.25, 0.3) is 28.1 Å². The maximum Gasteiger partial charge on any atom is 0.262 e. The van der Waals surface area contributed by atoms with Gasteiger partial charge >= 0.3 is 0 Å². The molecule has 0 bridgehead atoms. The molecule has 9 nitrogen and oxygen atoms in total. The van der Waals surface area contributed by atoms with Gasteiger partial charge in [-0.15, -0.1) is 10.2 Å². The van der Waals surface area contributed by atoms with Crippen molar-refractivity contribution in [2.45, 2.75) is 50.7 Å². The highest BCUT2D eigenvalue weighted by molar-refractivity contribution is 7.99. The number of thioether (sulfide) groups is 1. The van der Waals surface area contributed by atoms with Gasteiger partial charge in [0.25, 0.3) is 5.56 Å². The number of unbranched alkanes of at least 4 members (excludes halogenated alkanes) is 2. The average Bonchev–Trinajstić information content (AvgIpc) is 3.52. The van der Waals surface area contributed by atoms with Crippen LogP contribution in [0.1, 0.15) is 38.5 Å². The number of aromatic nitrogens is 7. The monoisotopic (exact) mass is 475 g/mol. The van der Waals surface area contributed by atoms with Crippen molar-refractivity contribution < 1.29 is 4.52 Å². The fraction of sp³-hybridized carbons (Fsp3) is 0.333. The number of pyridine rings is 1. The zero-order valence-electron chi connectivity index (χ0n) is 18.9. The van der Waals surface area contributed by atoms with Crippen LogP contribution in [0, 0.1) is 0 Å².